The monoisotopic (exact) mass is 357 g/mol. The minimum absolute atomic E-state index is 0.0607. The lowest BCUT2D eigenvalue weighted by Gasteiger charge is -2.22. The summed E-state index contributed by atoms with van der Waals surface area (Å²) in [5.74, 6) is 0.385. The Morgan fingerprint density at radius 3 is 2.65 bits per heavy atom. The summed E-state index contributed by atoms with van der Waals surface area (Å²) in [4.78, 5) is 24.9. The molecule has 2 aromatic heterocycles. The summed E-state index contributed by atoms with van der Waals surface area (Å²) in [6, 6.07) is 1.86. The summed E-state index contributed by atoms with van der Waals surface area (Å²) in [6.45, 7) is 0. The molecule has 0 aliphatic heterocycles. The number of amides is 2. The van der Waals surface area contributed by atoms with Crippen LogP contribution in [0.1, 0.15) is 64.4 Å². The van der Waals surface area contributed by atoms with Crippen LogP contribution in [-0.4, -0.2) is 38.8 Å². The van der Waals surface area contributed by atoms with Crippen molar-refractivity contribution in [3.05, 3.63) is 35.0 Å². The molecule has 2 aromatic rings. The molecule has 2 amide bonds. The van der Waals surface area contributed by atoms with Crippen LogP contribution in [0.4, 0.5) is 0 Å². The fraction of sp³-hybridized carbons (Fsp3) is 0.556. The van der Waals surface area contributed by atoms with Gasteiger partial charge in [-0.3, -0.25) is 14.3 Å². The molecule has 0 spiro atoms. The van der Waals surface area contributed by atoms with Crippen molar-refractivity contribution in [1.82, 2.24) is 25.6 Å². The van der Waals surface area contributed by atoms with Crippen LogP contribution in [-0.2, 0) is 19.9 Å². The maximum atomic E-state index is 12.6. The van der Waals surface area contributed by atoms with Gasteiger partial charge >= 0.3 is 0 Å². The minimum Gasteiger partial charge on any atom is -0.360 e. The molecule has 2 heterocycles. The predicted octanol–water partition coefficient (Wildman–Crippen LogP) is 1.37. The Morgan fingerprint density at radius 1 is 1.15 bits per heavy atom. The van der Waals surface area contributed by atoms with Crippen LogP contribution in [0.3, 0.4) is 0 Å². The zero-order valence-electron chi connectivity index (χ0n) is 14.8. The van der Waals surface area contributed by atoms with Gasteiger partial charge in [0.15, 0.2) is 5.69 Å². The van der Waals surface area contributed by atoms with Gasteiger partial charge in [0.2, 0.25) is 0 Å². The van der Waals surface area contributed by atoms with Crippen molar-refractivity contribution in [1.29, 1.82) is 0 Å². The van der Waals surface area contributed by atoms with Gasteiger partial charge in [-0.15, -0.1) is 0 Å². The molecule has 8 heteroatoms. The highest BCUT2D eigenvalue weighted by molar-refractivity contribution is 5.94. The molecule has 138 valence electrons. The standard InChI is InChI=1S/C18H23N5O3/c1-23-9-8-14(21-23)17(24)20-12-6-7-15-13(10-12)16(22-26-15)18(25)19-11-4-2-3-5-11/h8-9,11-12H,2-7,10H2,1H3,(H,19,25)(H,20,24). The van der Waals surface area contributed by atoms with Crippen molar-refractivity contribution in [2.75, 3.05) is 0 Å². The van der Waals surface area contributed by atoms with E-state index in [-0.39, 0.29) is 23.9 Å². The molecule has 0 aromatic carbocycles. The molecule has 8 nitrogen and oxygen atoms in total. The number of rotatable bonds is 4. The number of carbonyl (C=O) groups excluding carboxylic acids is 2. The molecule has 0 bridgehead atoms. The van der Waals surface area contributed by atoms with Gasteiger partial charge in [0.1, 0.15) is 11.5 Å². The first-order chi connectivity index (χ1) is 12.6. The second kappa shape index (κ2) is 6.93. The van der Waals surface area contributed by atoms with E-state index >= 15 is 0 Å². The number of nitrogens with zero attached hydrogens (tertiary/aromatic N) is 3. The molecule has 2 aliphatic rings. The minimum atomic E-state index is -0.201. The van der Waals surface area contributed by atoms with Gasteiger partial charge in [-0.1, -0.05) is 18.0 Å². The van der Waals surface area contributed by atoms with E-state index in [4.69, 9.17) is 4.52 Å². The molecule has 1 saturated carbocycles. The normalized spacial score (nSPS) is 20.0. The Hall–Kier alpha value is -2.64. The number of nitrogens with one attached hydrogen (secondary N) is 2. The Morgan fingerprint density at radius 2 is 1.92 bits per heavy atom. The van der Waals surface area contributed by atoms with Crippen LogP contribution in [0.15, 0.2) is 16.8 Å². The number of fused-ring (bicyclic) bond motifs is 1. The lowest BCUT2D eigenvalue weighted by molar-refractivity contribution is 0.0923. The van der Waals surface area contributed by atoms with Gasteiger partial charge in [-0.05, 0) is 31.7 Å². The van der Waals surface area contributed by atoms with Gasteiger partial charge in [0.25, 0.3) is 11.8 Å². The largest absolute Gasteiger partial charge is 0.360 e. The van der Waals surface area contributed by atoms with E-state index < -0.39 is 0 Å². The average molecular weight is 357 g/mol. The highest BCUT2D eigenvalue weighted by Crippen LogP contribution is 2.26. The molecule has 2 N–H and O–H groups in total. The fourth-order valence-corrected chi connectivity index (χ4v) is 3.82. The average Bonchev–Trinajstić information content (AvgIpc) is 3.35. The molecule has 4 rings (SSSR count). The summed E-state index contributed by atoms with van der Waals surface area (Å²) in [5.41, 5.74) is 1.57. The zero-order chi connectivity index (χ0) is 18.1. The van der Waals surface area contributed by atoms with Crippen LogP contribution in [0, 0.1) is 0 Å². The quantitative estimate of drug-likeness (QED) is 0.860. The van der Waals surface area contributed by atoms with E-state index in [0.717, 1.165) is 43.4 Å². The second-order valence-corrected chi connectivity index (χ2v) is 7.18. The predicted molar refractivity (Wildman–Crippen MR) is 92.7 cm³/mol. The molecule has 1 atom stereocenters. The third-order valence-corrected chi connectivity index (χ3v) is 5.23. The first-order valence-corrected chi connectivity index (χ1v) is 9.19. The van der Waals surface area contributed by atoms with Crippen LogP contribution in [0.25, 0.3) is 0 Å². The highest BCUT2D eigenvalue weighted by atomic mass is 16.5. The number of hydrogen-bond donors (Lipinski definition) is 2. The van der Waals surface area contributed by atoms with E-state index in [2.05, 4.69) is 20.9 Å². The second-order valence-electron chi connectivity index (χ2n) is 7.18. The molecule has 0 saturated heterocycles. The van der Waals surface area contributed by atoms with E-state index in [1.807, 2.05) is 0 Å². The molecule has 1 unspecified atom stereocenters. The van der Waals surface area contributed by atoms with Crippen molar-refractivity contribution < 1.29 is 14.1 Å². The SMILES string of the molecule is Cn1ccc(C(=O)NC2CCc3onc(C(=O)NC4CCCC4)c3C2)n1. The first kappa shape index (κ1) is 16.8. The summed E-state index contributed by atoms with van der Waals surface area (Å²) in [5, 5.41) is 14.2. The van der Waals surface area contributed by atoms with Crippen molar-refractivity contribution in [2.45, 2.75) is 57.0 Å². The van der Waals surface area contributed by atoms with Crippen molar-refractivity contribution in [3.8, 4) is 0 Å². The number of aryl methyl sites for hydroxylation is 2. The van der Waals surface area contributed by atoms with Gasteiger partial charge in [-0.2, -0.15) is 5.10 Å². The molecule has 1 fully saturated rings. The Labute approximate surface area is 151 Å². The lowest BCUT2D eigenvalue weighted by atomic mass is 9.91. The Kier molecular flexibility index (Phi) is 4.48. The van der Waals surface area contributed by atoms with E-state index in [1.54, 1.807) is 24.0 Å². The van der Waals surface area contributed by atoms with Crippen LogP contribution < -0.4 is 10.6 Å². The maximum Gasteiger partial charge on any atom is 0.273 e. The number of aromatic nitrogens is 3. The van der Waals surface area contributed by atoms with Crippen molar-refractivity contribution >= 4 is 11.8 Å². The molecular weight excluding hydrogens is 334 g/mol. The summed E-state index contributed by atoms with van der Waals surface area (Å²) >= 11 is 0. The molecule has 0 radical (unpaired) electrons. The maximum absolute atomic E-state index is 12.6. The summed E-state index contributed by atoms with van der Waals surface area (Å²) < 4.78 is 6.97. The topological polar surface area (TPSA) is 102 Å². The van der Waals surface area contributed by atoms with Crippen LogP contribution in [0.2, 0.25) is 0 Å². The van der Waals surface area contributed by atoms with Gasteiger partial charge in [0.05, 0.1) is 0 Å². The lowest BCUT2D eigenvalue weighted by Crippen LogP contribution is -2.40. The van der Waals surface area contributed by atoms with Crippen molar-refractivity contribution in [2.24, 2.45) is 7.05 Å². The molecular formula is C18H23N5O3. The van der Waals surface area contributed by atoms with E-state index in [9.17, 15) is 9.59 Å². The first-order valence-electron chi connectivity index (χ1n) is 9.19. The molecule has 2 aliphatic carbocycles. The smallest absolute Gasteiger partial charge is 0.273 e. The fourth-order valence-electron chi connectivity index (χ4n) is 3.82. The summed E-state index contributed by atoms with van der Waals surface area (Å²) in [6.07, 6.45) is 8.05. The van der Waals surface area contributed by atoms with Crippen molar-refractivity contribution in [3.63, 3.8) is 0 Å². The highest BCUT2D eigenvalue weighted by Gasteiger charge is 2.31. The Balaban J connectivity index is 1.43. The summed E-state index contributed by atoms with van der Waals surface area (Å²) in [7, 11) is 1.77. The van der Waals surface area contributed by atoms with E-state index in [0.29, 0.717) is 24.2 Å². The van der Waals surface area contributed by atoms with Crippen LogP contribution >= 0.6 is 0 Å². The number of hydrogen-bond acceptors (Lipinski definition) is 5. The van der Waals surface area contributed by atoms with Gasteiger partial charge < -0.3 is 15.2 Å². The van der Waals surface area contributed by atoms with Crippen LogP contribution in [0.5, 0.6) is 0 Å². The number of carbonyl (C=O) groups is 2. The van der Waals surface area contributed by atoms with E-state index in [1.165, 1.54) is 0 Å². The van der Waals surface area contributed by atoms with Gasteiger partial charge in [-0.25, -0.2) is 0 Å². The zero-order valence-corrected chi connectivity index (χ0v) is 14.8. The third kappa shape index (κ3) is 3.36. The Bertz CT molecular complexity index is 819. The van der Waals surface area contributed by atoms with Gasteiger partial charge in [0, 0.05) is 37.3 Å². The molecule has 26 heavy (non-hydrogen) atoms. The third-order valence-electron chi connectivity index (χ3n) is 5.23.